The molecule has 0 aliphatic carbocycles. The molecule has 9 heteroatoms. The Labute approximate surface area is 207 Å². The summed E-state index contributed by atoms with van der Waals surface area (Å²) in [5.41, 5.74) is 2.38. The zero-order chi connectivity index (χ0) is 24.6. The lowest BCUT2D eigenvalue weighted by atomic mass is 10.1. The van der Waals surface area contributed by atoms with Crippen LogP contribution in [0.2, 0.25) is 0 Å². The summed E-state index contributed by atoms with van der Waals surface area (Å²) in [4.78, 5) is 24.7. The van der Waals surface area contributed by atoms with E-state index in [0.29, 0.717) is 28.8 Å². The number of hydrogen-bond donors (Lipinski definition) is 2. The zero-order valence-corrected chi connectivity index (χ0v) is 19.9. The molecule has 1 aromatic heterocycles. The van der Waals surface area contributed by atoms with E-state index in [1.54, 1.807) is 42.5 Å². The average Bonchev–Trinajstić information content (AvgIpc) is 3.29. The first-order chi connectivity index (χ1) is 17.1. The van der Waals surface area contributed by atoms with E-state index >= 15 is 0 Å². The van der Waals surface area contributed by atoms with Crippen molar-refractivity contribution in [1.82, 2.24) is 14.8 Å². The van der Waals surface area contributed by atoms with Gasteiger partial charge in [0.1, 0.15) is 5.75 Å². The smallest absolute Gasteiger partial charge is 0.339 e. The highest BCUT2D eigenvalue weighted by Crippen LogP contribution is 2.30. The third-order valence-corrected chi connectivity index (χ3v) is 6.23. The fourth-order valence-corrected chi connectivity index (χ4v) is 4.31. The largest absolute Gasteiger partial charge is 0.507 e. The van der Waals surface area contributed by atoms with E-state index in [9.17, 15) is 14.7 Å². The minimum absolute atomic E-state index is 0.0553. The molecule has 0 aliphatic rings. The molecule has 0 bridgehead atoms. The highest BCUT2D eigenvalue weighted by atomic mass is 32.2. The van der Waals surface area contributed by atoms with E-state index in [-0.39, 0.29) is 23.0 Å². The van der Waals surface area contributed by atoms with Gasteiger partial charge in [-0.3, -0.25) is 4.79 Å². The van der Waals surface area contributed by atoms with Gasteiger partial charge in [-0.1, -0.05) is 66.4 Å². The van der Waals surface area contributed by atoms with Crippen LogP contribution in [0.15, 0.2) is 84.0 Å². The van der Waals surface area contributed by atoms with Gasteiger partial charge in [0.25, 0.3) is 0 Å². The fraction of sp³-hybridized carbons (Fsp3) is 0.154. The lowest BCUT2D eigenvalue weighted by molar-refractivity contribution is -0.113. The van der Waals surface area contributed by atoms with Crippen molar-refractivity contribution in [3.8, 4) is 17.1 Å². The zero-order valence-electron chi connectivity index (χ0n) is 19.0. The van der Waals surface area contributed by atoms with Crippen molar-refractivity contribution >= 4 is 29.3 Å². The maximum absolute atomic E-state index is 12.7. The van der Waals surface area contributed by atoms with Crippen LogP contribution in [0.4, 0.5) is 5.69 Å². The van der Waals surface area contributed by atoms with Crippen molar-refractivity contribution in [2.45, 2.75) is 18.1 Å². The Morgan fingerprint density at radius 2 is 1.69 bits per heavy atom. The molecule has 0 saturated heterocycles. The first-order valence-electron chi connectivity index (χ1n) is 10.9. The molecular formula is C26H24N4O4S. The van der Waals surface area contributed by atoms with Gasteiger partial charge < -0.3 is 19.7 Å². The summed E-state index contributed by atoms with van der Waals surface area (Å²) in [6.45, 7) is 0.565. The Kier molecular flexibility index (Phi) is 7.79. The van der Waals surface area contributed by atoms with Crippen LogP contribution >= 0.6 is 11.8 Å². The van der Waals surface area contributed by atoms with Crippen molar-refractivity contribution in [1.29, 1.82) is 0 Å². The van der Waals surface area contributed by atoms with Crippen molar-refractivity contribution < 1.29 is 19.4 Å². The molecule has 0 fully saturated rings. The third kappa shape index (κ3) is 5.88. The number of aromatic hydroxyl groups is 1. The van der Waals surface area contributed by atoms with Gasteiger partial charge in [-0.25, -0.2) is 4.79 Å². The molecule has 35 heavy (non-hydrogen) atoms. The van der Waals surface area contributed by atoms with Gasteiger partial charge in [0.05, 0.1) is 29.7 Å². The molecule has 3 aromatic carbocycles. The molecule has 1 amide bonds. The normalized spacial score (nSPS) is 10.7. The number of carbonyl (C=O) groups is 2. The molecule has 1 heterocycles. The van der Waals surface area contributed by atoms with E-state index in [4.69, 9.17) is 4.74 Å². The standard InChI is InChI=1S/C26H24N4O4S/c1-34-25(33)19-11-5-7-13-21(19)27-23(32)17-35-26-29-28-24(20-12-6-8-14-22(20)31)30(26)16-15-18-9-3-2-4-10-18/h2-14,31H,15-17H2,1H3,(H,27,32). The van der Waals surface area contributed by atoms with Crippen molar-refractivity contribution in [3.05, 3.63) is 90.0 Å². The molecular weight excluding hydrogens is 464 g/mol. The summed E-state index contributed by atoms with van der Waals surface area (Å²) < 4.78 is 6.69. The number of rotatable bonds is 9. The summed E-state index contributed by atoms with van der Waals surface area (Å²) in [6, 6.07) is 23.6. The van der Waals surface area contributed by atoms with E-state index < -0.39 is 5.97 Å². The number of carbonyl (C=O) groups excluding carboxylic acids is 2. The van der Waals surface area contributed by atoms with E-state index in [1.165, 1.54) is 18.9 Å². The second-order valence-corrected chi connectivity index (χ2v) is 8.53. The average molecular weight is 489 g/mol. The molecule has 4 rings (SSSR count). The summed E-state index contributed by atoms with van der Waals surface area (Å²) in [7, 11) is 1.29. The predicted molar refractivity (Wildman–Crippen MR) is 134 cm³/mol. The maximum atomic E-state index is 12.7. The monoisotopic (exact) mass is 488 g/mol. The number of nitrogens with one attached hydrogen (secondary N) is 1. The Balaban J connectivity index is 1.53. The first-order valence-corrected chi connectivity index (χ1v) is 11.9. The molecule has 4 aromatic rings. The summed E-state index contributed by atoms with van der Waals surface area (Å²) in [5.74, 6) is -0.137. The molecule has 2 N–H and O–H groups in total. The van der Waals surface area contributed by atoms with Gasteiger partial charge in [0.15, 0.2) is 11.0 Å². The molecule has 178 valence electrons. The fourth-order valence-electron chi connectivity index (χ4n) is 3.54. The molecule has 0 aliphatic heterocycles. The van der Waals surface area contributed by atoms with E-state index in [2.05, 4.69) is 15.5 Å². The molecule has 0 radical (unpaired) electrons. The number of methoxy groups -OCH3 is 1. The van der Waals surface area contributed by atoms with Crippen LogP contribution < -0.4 is 5.32 Å². The number of ether oxygens (including phenoxy) is 1. The lowest BCUT2D eigenvalue weighted by Crippen LogP contribution is -2.17. The first kappa shape index (κ1) is 24.0. The molecule has 0 atom stereocenters. The number of phenols is 1. The minimum Gasteiger partial charge on any atom is -0.507 e. The molecule has 8 nitrogen and oxygen atoms in total. The Morgan fingerprint density at radius 1 is 0.971 bits per heavy atom. The van der Waals surface area contributed by atoms with E-state index in [1.807, 2.05) is 41.0 Å². The van der Waals surface area contributed by atoms with Crippen LogP contribution in [0.25, 0.3) is 11.4 Å². The molecule has 0 unspecified atom stereocenters. The van der Waals surface area contributed by atoms with Crippen molar-refractivity contribution in [3.63, 3.8) is 0 Å². The van der Waals surface area contributed by atoms with Crippen LogP contribution in [0.5, 0.6) is 5.75 Å². The number of benzene rings is 3. The number of esters is 1. The number of anilines is 1. The second-order valence-electron chi connectivity index (χ2n) is 7.58. The van der Waals surface area contributed by atoms with Crippen molar-refractivity contribution in [2.75, 3.05) is 18.2 Å². The van der Waals surface area contributed by atoms with Gasteiger partial charge in [0.2, 0.25) is 5.91 Å². The van der Waals surface area contributed by atoms with Crippen molar-refractivity contribution in [2.24, 2.45) is 0 Å². The maximum Gasteiger partial charge on any atom is 0.339 e. The summed E-state index contributed by atoms with van der Waals surface area (Å²) in [6.07, 6.45) is 0.728. The lowest BCUT2D eigenvalue weighted by Gasteiger charge is -2.12. The van der Waals surface area contributed by atoms with Crippen LogP contribution in [0, 0.1) is 0 Å². The number of phenolic OH excluding ortho intramolecular Hbond substituents is 1. The third-order valence-electron chi connectivity index (χ3n) is 5.27. The van der Waals surface area contributed by atoms with Crippen LogP contribution in [0.1, 0.15) is 15.9 Å². The number of thioether (sulfide) groups is 1. The quantitative estimate of drug-likeness (QED) is 0.265. The number of nitrogens with zero attached hydrogens (tertiary/aromatic N) is 3. The van der Waals surface area contributed by atoms with E-state index in [0.717, 1.165) is 12.0 Å². The summed E-state index contributed by atoms with van der Waals surface area (Å²) in [5, 5.41) is 22.3. The number of para-hydroxylation sites is 2. The van der Waals surface area contributed by atoms with Gasteiger partial charge in [-0.05, 0) is 36.2 Å². The number of amides is 1. The Morgan fingerprint density at radius 3 is 2.46 bits per heavy atom. The SMILES string of the molecule is COC(=O)c1ccccc1NC(=O)CSc1nnc(-c2ccccc2O)n1CCc1ccccc1. The number of aryl methyl sites for hydroxylation is 1. The topological polar surface area (TPSA) is 106 Å². The summed E-state index contributed by atoms with van der Waals surface area (Å²) >= 11 is 1.23. The van der Waals surface area contributed by atoms with Crippen LogP contribution in [0.3, 0.4) is 0 Å². The highest BCUT2D eigenvalue weighted by Gasteiger charge is 2.19. The number of aromatic nitrogens is 3. The Bertz CT molecular complexity index is 1320. The number of hydrogen-bond acceptors (Lipinski definition) is 7. The molecule has 0 saturated carbocycles. The van der Waals surface area contributed by atoms with Crippen LogP contribution in [-0.4, -0.2) is 44.6 Å². The molecule has 0 spiro atoms. The second kappa shape index (κ2) is 11.3. The van der Waals surface area contributed by atoms with Crippen LogP contribution in [-0.2, 0) is 22.5 Å². The van der Waals surface area contributed by atoms with Gasteiger partial charge in [0, 0.05) is 6.54 Å². The minimum atomic E-state index is -0.526. The van der Waals surface area contributed by atoms with Gasteiger partial charge >= 0.3 is 5.97 Å². The van der Waals surface area contributed by atoms with Gasteiger partial charge in [-0.2, -0.15) is 0 Å². The van der Waals surface area contributed by atoms with Gasteiger partial charge in [-0.15, -0.1) is 10.2 Å². The Hall–Kier alpha value is -4.11. The highest BCUT2D eigenvalue weighted by molar-refractivity contribution is 7.99. The predicted octanol–water partition coefficient (Wildman–Crippen LogP) is 4.41.